The Labute approximate surface area is 156 Å². The van der Waals surface area contributed by atoms with Crippen LogP contribution < -0.4 is 5.32 Å². The number of aromatic nitrogens is 1. The van der Waals surface area contributed by atoms with Gasteiger partial charge in [0.2, 0.25) is 0 Å². The minimum Gasteiger partial charge on any atom is -0.480 e. The Bertz CT molecular complexity index is 1090. The first-order valence-corrected chi connectivity index (χ1v) is 8.28. The Balaban J connectivity index is 2.06. The van der Waals surface area contributed by atoms with Gasteiger partial charge in [-0.1, -0.05) is 36.4 Å². The molecular weight excluding hydrogens is 342 g/mol. The Hall–Kier alpha value is -3.85. The fourth-order valence-corrected chi connectivity index (χ4v) is 2.98. The van der Waals surface area contributed by atoms with Crippen LogP contribution in [0.3, 0.4) is 0 Å². The molecule has 1 heterocycles. The number of amides is 1. The van der Waals surface area contributed by atoms with Crippen molar-refractivity contribution in [3.63, 3.8) is 0 Å². The minimum atomic E-state index is -0.966. The summed E-state index contributed by atoms with van der Waals surface area (Å²) in [6.07, 6.45) is 1.67. The number of benzene rings is 2. The van der Waals surface area contributed by atoms with Gasteiger partial charge in [-0.2, -0.15) is 5.26 Å². The number of para-hydroxylation sites is 2. The maximum Gasteiger partial charge on any atom is 0.323 e. The van der Waals surface area contributed by atoms with Gasteiger partial charge in [0, 0.05) is 28.4 Å². The van der Waals surface area contributed by atoms with Gasteiger partial charge < -0.3 is 15.0 Å². The van der Waals surface area contributed by atoms with Gasteiger partial charge in [-0.15, -0.1) is 0 Å². The third kappa shape index (κ3) is 3.72. The molecule has 27 heavy (non-hydrogen) atoms. The monoisotopic (exact) mass is 359 g/mol. The summed E-state index contributed by atoms with van der Waals surface area (Å²) in [5, 5.41) is 22.2. The Morgan fingerprint density at radius 1 is 1.11 bits per heavy atom. The summed E-state index contributed by atoms with van der Waals surface area (Å²) in [6, 6.07) is 18.2. The summed E-state index contributed by atoms with van der Waals surface area (Å²) in [7, 11) is 0. The minimum absolute atomic E-state index is 0.0166. The van der Waals surface area contributed by atoms with E-state index >= 15 is 0 Å². The van der Waals surface area contributed by atoms with Crippen LogP contribution in [0, 0.1) is 11.3 Å². The van der Waals surface area contributed by atoms with Gasteiger partial charge in [-0.05, 0) is 30.7 Å². The van der Waals surface area contributed by atoms with E-state index in [1.165, 1.54) is 0 Å². The summed E-state index contributed by atoms with van der Waals surface area (Å²) >= 11 is 0. The van der Waals surface area contributed by atoms with Crippen LogP contribution >= 0.6 is 0 Å². The van der Waals surface area contributed by atoms with Crippen LogP contribution in [0.4, 0.5) is 5.69 Å². The van der Waals surface area contributed by atoms with Crippen molar-refractivity contribution in [1.29, 1.82) is 5.26 Å². The number of carbonyl (C=O) groups excluding carboxylic acids is 1. The molecule has 0 atom stereocenters. The molecule has 3 rings (SSSR count). The summed E-state index contributed by atoms with van der Waals surface area (Å²) in [5.41, 5.74) is 2.46. The number of rotatable bonds is 5. The number of nitriles is 1. The quantitative estimate of drug-likeness (QED) is 0.537. The molecule has 134 valence electrons. The number of hydrogen-bond acceptors (Lipinski definition) is 3. The molecular formula is C21H17N3O3. The summed E-state index contributed by atoms with van der Waals surface area (Å²) in [6.45, 7) is 1.49. The average molecular weight is 359 g/mol. The number of carbonyl (C=O) groups is 2. The van der Waals surface area contributed by atoms with Crippen LogP contribution in [0.1, 0.15) is 12.5 Å². The highest BCUT2D eigenvalue weighted by Gasteiger charge is 2.18. The van der Waals surface area contributed by atoms with Crippen molar-refractivity contribution < 1.29 is 14.7 Å². The van der Waals surface area contributed by atoms with Gasteiger partial charge in [0.1, 0.15) is 18.2 Å². The highest BCUT2D eigenvalue weighted by atomic mass is 16.4. The molecule has 0 aliphatic carbocycles. The first-order valence-electron chi connectivity index (χ1n) is 8.28. The van der Waals surface area contributed by atoms with E-state index in [0.29, 0.717) is 16.8 Å². The first-order chi connectivity index (χ1) is 13.0. The zero-order chi connectivity index (χ0) is 19.4. The smallest absolute Gasteiger partial charge is 0.323 e. The van der Waals surface area contributed by atoms with Gasteiger partial charge in [-0.3, -0.25) is 9.59 Å². The molecule has 0 spiro atoms. The maximum absolute atomic E-state index is 12.6. The first kappa shape index (κ1) is 18.0. The number of fused-ring (bicyclic) bond motifs is 1. The molecule has 1 aromatic heterocycles. The standard InChI is InChI=1S/C21H17N3O3/c1-14(17(11-22)21(27)23-15-7-3-2-4-8-15)18-12-24(13-20(25)26)19-10-6-5-9-16(18)19/h2-10,12H,13H2,1H3,(H,23,27)(H,25,26)/b17-14-. The largest absolute Gasteiger partial charge is 0.480 e. The lowest BCUT2D eigenvalue weighted by Crippen LogP contribution is -2.14. The van der Waals surface area contributed by atoms with E-state index in [-0.39, 0.29) is 12.1 Å². The third-order valence-electron chi connectivity index (χ3n) is 4.24. The van der Waals surface area contributed by atoms with Gasteiger partial charge in [0.25, 0.3) is 5.91 Å². The fourth-order valence-electron chi connectivity index (χ4n) is 2.98. The number of allylic oxidation sites excluding steroid dienone is 1. The molecule has 0 radical (unpaired) electrons. The number of nitrogens with one attached hydrogen (secondary N) is 1. The van der Waals surface area contributed by atoms with Gasteiger partial charge >= 0.3 is 5.97 Å². The maximum atomic E-state index is 12.6. The van der Waals surface area contributed by atoms with E-state index in [0.717, 1.165) is 10.9 Å². The van der Waals surface area contributed by atoms with Crippen molar-refractivity contribution in [2.45, 2.75) is 13.5 Å². The van der Waals surface area contributed by atoms with Gasteiger partial charge in [0.05, 0.1) is 0 Å². The molecule has 6 nitrogen and oxygen atoms in total. The molecule has 3 aromatic rings. The number of carboxylic acids is 1. The second-order valence-electron chi connectivity index (χ2n) is 6.01. The van der Waals surface area contributed by atoms with Gasteiger partial charge in [-0.25, -0.2) is 0 Å². The summed E-state index contributed by atoms with van der Waals surface area (Å²) in [5.74, 6) is -1.47. The zero-order valence-electron chi connectivity index (χ0n) is 14.6. The molecule has 0 saturated carbocycles. The number of aliphatic carboxylic acids is 1. The Morgan fingerprint density at radius 3 is 2.44 bits per heavy atom. The topological polar surface area (TPSA) is 95.1 Å². The number of hydrogen-bond donors (Lipinski definition) is 2. The van der Waals surface area contributed by atoms with Crippen LogP contribution in [0.15, 0.2) is 66.4 Å². The molecule has 6 heteroatoms. The van der Waals surface area contributed by atoms with Crippen molar-refractivity contribution in [2.75, 3.05) is 5.32 Å². The fraction of sp³-hybridized carbons (Fsp3) is 0.0952. The van der Waals surface area contributed by atoms with E-state index in [1.54, 1.807) is 42.0 Å². The van der Waals surface area contributed by atoms with Crippen molar-refractivity contribution in [3.05, 3.63) is 71.9 Å². The van der Waals surface area contributed by atoms with Crippen molar-refractivity contribution in [2.24, 2.45) is 0 Å². The number of carboxylic acid groups (broad SMARTS) is 1. The predicted molar refractivity (Wildman–Crippen MR) is 103 cm³/mol. The van der Waals surface area contributed by atoms with E-state index in [4.69, 9.17) is 5.11 Å². The van der Waals surface area contributed by atoms with Crippen LogP contribution in [0.2, 0.25) is 0 Å². The molecule has 0 aliphatic heterocycles. The highest BCUT2D eigenvalue weighted by molar-refractivity contribution is 6.13. The third-order valence-corrected chi connectivity index (χ3v) is 4.24. The summed E-state index contributed by atoms with van der Waals surface area (Å²) < 4.78 is 1.60. The van der Waals surface area contributed by atoms with Crippen LogP contribution in [0.5, 0.6) is 0 Å². The molecule has 0 fully saturated rings. The zero-order valence-corrected chi connectivity index (χ0v) is 14.6. The molecule has 0 saturated heterocycles. The lowest BCUT2D eigenvalue weighted by Gasteiger charge is -2.07. The highest BCUT2D eigenvalue weighted by Crippen LogP contribution is 2.29. The lowest BCUT2D eigenvalue weighted by atomic mass is 10.0. The SMILES string of the molecule is C/C(=C(\C#N)C(=O)Nc1ccccc1)c1cn(CC(=O)O)c2ccccc12. The second-order valence-corrected chi connectivity index (χ2v) is 6.01. The normalized spacial score (nSPS) is 11.6. The number of nitrogens with zero attached hydrogens (tertiary/aromatic N) is 2. The van der Waals surface area contributed by atoms with Crippen molar-refractivity contribution in [3.8, 4) is 6.07 Å². The predicted octanol–water partition coefficient (Wildman–Crippen LogP) is 3.66. The van der Waals surface area contributed by atoms with E-state index in [1.807, 2.05) is 36.4 Å². The van der Waals surface area contributed by atoms with E-state index in [2.05, 4.69) is 5.32 Å². The van der Waals surface area contributed by atoms with Gasteiger partial charge in [0.15, 0.2) is 0 Å². The van der Waals surface area contributed by atoms with Crippen LogP contribution in [0.25, 0.3) is 16.5 Å². The van der Waals surface area contributed by atoms with Crippen molar-refractivity contribution >= 4 is 34.0 Å². The average Bonchev–Trinajstić information content (AvgIpc) is 3.01. The molecule has 0 bridgehead atoms. The molecule has 0 unspecified atom stereocenters. The summed E-state index contributed by atoms with van der Waals surface area (Å²) in [4.78, 5) is 23.7. The van der Waals surface area contributed by atoms with Crippen LogP contribution in [-0.2, 0) is 16.1 Å². The molecule has 0 aliphatic rings. The van der Waals surface area contributed by atoms with Crippen LogP contribution in [-0.4, -0.2) is 21.6 Å². The van der Waals surface area contributed by atoms with E-state index < -0.39 is 11.9 Å². The van der Waals surface area contributed by atoms with E-state index in [9.17, 15) is 14.9 Å². The second kappa shape index (κ2) is 7.58. The Morgan fingerprint density at radius 2 is 1.78 bits per heavy atom. The Kier molecular flexibility index (Phi) is 5.04. The van der Waals surface area contributed by atoms with Crippen molar-refractivity contribution in [1.82, 2.24) is 4.57 Å². The molecule has 2 N–H and O–H groups in total. The molecule has 1 amide bonds. The lowest BCUT2D eigenvalue weighted by molar-refractivity contribution is -0.137. The molecule has 2 aromatic carbocycles. The number of anilines is 1.